The molecule has 5 nitrogen and oxygen atoms in total. The Morgan fingerprint density at radius 1 is 1.29 bits per heavy atom. The first-order chi connectivity index (χ1) is 10.2. The van der Waals surface area contributed by atoms with E-state index in [1.54, 1.807) is 0 Å². The Morgan fingerprint density at radius 2 is 2.00 bits per heavy atom. The van der Waals surface area contributed by atoms with Crippen LogP contribution in [0.4, 0.5) is 0 Å². The summed E-state index contributed by atoms with van der Waals surface area (Å²) in [6, 6.07) is 8.80. The van der Waals surface area contributed by atoms with Crippen molar-refractivity contribution >= 4 is 11.9 Å². The number of likely N-dealkylation sites (tertiary alicyclic amines) is 1. The smallest absolute Gasteiger partial charge is 0.222 e. The molecule has 0 atom stereocenters. The molecule has 1 aliphatic carbocycles. The fraction of sp³-hybridized carbons (Fsp3) is 0.500. The van der Waals surface area contributed by atoms with E-state index in [9.17, 15) is 4.79 Å². The highest BCUT2D eigenvalue weighted by molar-refractivity contribution is 5.78. The van der Waals surface area contributed by atoms with Crippen LogP contribution in [0.3, 0.4) is 0 Å². The zero-order valence-corrected chi connectivity index (χ0v) is 12.2. The minimum Gasteiger partial charge on any atom is -0.370 e. The zero-order valence-electron chi connectivity index (χ0n) is 12.2. The van der Waals surface area contributed by atoms with Crippen LogP contribution in [0.5, 0.6) is 0 Å². The fourth-order valence-corrected chi connectivity index (χ4v) is 2.50. The van der Waals surface area contributed by atoms with Gasteiger partial charge in [-0.3, -0.25) is 4.79 Å². The second-order valence-electron chi connectivity index (χ2n) is 5.86. The van der Waals surface area contributed by atoms with Gasteiger partial charge in [0.2, 0.25) is 5.91 Å². The zero-order chi connectivity index (χ0) is 14.7. The summed E-state index contributed by atoms with van der Waals surface area (Å²) in [6.45, 7) is 2.19. The molecule has 1 saturated heterocycles. The molecule has 1 aliphatic heterocycles. The number of carbonyl (C=O) groups excluding carboxylic acids is 1. The predicted octanol–water partition coefficient (Wildman–Crippen LogP) is 1.38. The molecule has 3 rings (SSSR count). The third-order valence-electron chi connectivity index (χ3n) is 3.93. The van der Waals surface area contributed by atoms with Crippen molar-refractivity contribution in [3.05, 3.63) is 35.4 Å². The molecule has 2 aliphatic rings. The average Bonchev–Trinajstić information content (AvgIpc) is 3.21. The first-order valence-corrected chi connectivity index (χ1v) is 7.63. The Balaban J connectivity index is 1.52. The predicted molar refractivity (Wildman–Crippen MR) is 82.6 cm³/mol. The number of hydrogen-bond donors (Lipinski definition) is 2. The number of benzene rings is 1. The number of nitrogens with two attached hydrogens (primary N) is 1. The van der Waals surface area contributed by atoms with Gasteiger partial charge in [-0.1, -0.05) is 24.3 Å². The minimum absolute atomic E-state index is 0.266. The molecular formula is C16H22N4O. The van der Waals surface area contributed by atoms with Crippen molar-refractivity contribution in [3.63, 3.8) is 0 Å². The van der Waals surface area contributed by atoms with Gasteiger partial charge in [-0.2, -0.15) is 0 Å². The summed E-state index contributed by atoms with van der Waals surface area (Å²) in [5.74, 6) is 0.798. The monoisotopic (exact) mass is 286 g/mol. The maximum atomic E-state index is 11.6. The minimum atomic E-state index is 0.266. The highest BCUT2D eigenvalue weighted by Crippen LogP contribution is 2.18. The van der Waals surface area contributed by atoms with Crippen molar-refractivity contribution in [2.75, 3.05) is 6.54 Å². The summed E-state index contributed by atoms with van der Waals surface area (Å²) in [4.78, 5) is 17.9. The van der Waals surface area contributed by atoms with Gasteiger partial charge in [-0.15, -0.1) is 0 Å². The van der Waals surface area contributed by atoms with Crippen LogP contribution < -0.4 is 11.1 Å². The van der Waals surface area contributed by atoms with Crippen molar-refractivity contribution in [2.45, 2.75) is 44.8 Å². The summed E-state index contributed by atoms with van der Waals surface area (Å²) in [5.41, 5.74) is 8.11. The van der Waals surface area contributed by atoms with E-state index < -0.39 is 0 Å². The standard InChI is InChI=1S/C16H22N4O/c17-16(19-14-7-8-14)18-10-12-3-5-13(6-4-12)11-20-9-1-2-15(20)21/h3-6,14H,1-2,7-11H2,(H3,17,18,19). The Hall–Kier alpha value is -2.04. The topological polar surface area (TPSA) is 70.7 Å². The van der Waals surface area contributed by atoms with Crippen LogP contribution in [0.15, 0.2) is 29.3 Å². The molecule has 0 radical (unpaired) electrons. The lowest BCUT2D eigenvalue weighted by atomic mass is 10.1. The van der Waals surface area contributed by atoms with Crippen molar-refractivity contribution in [2.24, 2.45) is 10.7 Å². The van der Waals surface area contributed by atoms with Gasteiger partial charge in [0, 0.05) is 25.6 Å². The third-order valence-corrected chi connectivity index (χ3v) is 3.93. The van der Waals surface area contributed by atoms with E-state index >= 15 is 0 Å². The van der Waals surface area contributed by atoms with Crippen LogP contribution in [0.25, 0.3) is 0 Å². The van der Waals surface area contributed by atoms with Gasteiger partial charge in [0.1, 0.15) is 0 Å². The number of aliphatic imine (C=N–C) groups is 1. The lowest BCUT2D eigenvalue weighted by Crippen LogP contribution is -2.33. The van der Waals surface area contributed by atoms with Gasteiger partial charge in [0.25, 0.3) is 0 Å². The quantitative estimate of drug-likeness (QED) is 0.634. The summed E-state index contributed by atoms with van der Waals surface area (Å²) in [5, 5.41) is 3.17. The summed E-state index contributed by atoms with van der Waals surface area (Å²) in [6.07, 6.45) is 4.07. The largest absolute Gasteiger partial charge is 0.370 e. The second-order valence-corrected chi connectivity index (χ2v) is 5.86. The molecule has 1 saturated carbocycles. The Kier molecular flexibility index (Phi) is 4.08. The summed E-state index contributed by atoms with van der Waals surface area (Å²) in [7, 11) is 0. The van der Waals surface area contributed by atoms with Crippen LogP contribution in [0.2, 0.25) is 0 Å². The Bertz CT molecular complexity index is 534. The number of nitrogens with one attached hydrogen (secondary N) is 1. The number of hydrogen-bond acceptors (Lipinski definition) is 2. The number of guanidine groups is 1. The van der Waals surface area contributed by atoms with Crippen molar-refractivity contribution in [1.82, 2.24) is 10.2 Å². The van der Waals surface area contributed by atoms with E-state index in [0.717, 1.165) is 18.5 Å². The third kappa shape index (κ3) is 3.97. The van der Waals surface area contributed by atoms with Crippen LogP contribution in [0.1, 0.15) is 36.8 Å². The van der Waals surface area contributed by atoms with E-state index in [2.05, 4.69) is 34.6 Å². The first-order valence-electron chi connectivity index (χ1n) is 7.63. The maximum absolute atomic E-state index is 11.6. The highest BCUT2D eigenvalue weighted by Gasteiger charge is 2.21. The van der Waals surface area contributed by atoms with E-state index in [1.807, 2.05) is 4.90 Å². The van der Waals surface area contributed by atoms with Crippen LogP contribution in [-0.4, -0.2) is 29.4 Å². The molecule has 1 heterocycles. The van der Waals surface area contributed by atoms with Crippen LogP contribution in [-0.2, 0) is 17.9 Å². The van der Waals surface area contributed by atoms with Crippen LogP contribution >= 0.6 is 0 Å². The molecule has 0 unspecified atom stereocenters. The molecular weight excluding hydrogens is 264 g/mol. The van der Waals surface area contributed by atoms with E-state index in [4.69, 9.17) is 5.73 Å². The van der Waals surface area contributed by atoms with Crippen molar-refractivity contribution < 1.29 is 4.79 Å². The molecule has 1 aromatic carbocycles. The maximum Gasteiger partial charge on any atom is 0.222 e. The molecule has 0 aromatic heterocycles. The normalized spacial score (nSPS) is 19.1. The molecule has 2 fully saturated rings. The first kappa shape index (κ1) is 13.9. The summed E-state index contributed by atoms with van der Waals surface area (Å²) < 4.78 is 0. The molecule has 0 spiro atoms. The molecule has 0 bridgehead atoms. The SMILES string of the molecule is NC(=NCc1ccc(CN2CCCC2=O)cc1)NC1CC1. The van der Waals surface area contributed by atoms with E-state index in [0.29, 0.717) is 31.5 Å². The van der Waals surface area contributed by atoms with Crippen molar-refractivity contribution in [3.8, 4) is 0 Å². The lowest BCUT2D eigenvalue weighted by Gasteiger charge is -2.15. The van der Waals surface area contributed by atoms with Gasteiger partial charge < -0.3 is 16.0 Å². The molecule has 5 heteroatoms. The van der Waals surface area contributed by atoms with Gasteiger partial charge >= 0.3 is 0 Å². The molecule has 112 valence electrons. The fourth-order valence-electron chi connectivity index (χ4n) is 2.50. The van der Waals surface area contributed by atoms with Crippen molar-refractivity contribution in [1.29, 1.82) is 0 Å². The number of amides is 1. The molecule has 1 amide bonds. The van der Waals surface area contributed by atoms with Gasteiger partial charge in [0.15, 0.2) is 5.96 Å². The van der Waals surface area contributed by atoms with Gasteiger partial charge in [-0.05, 0) is 30.4 Å². The number of carbonyl (C=O) groups is 1. The van der Waals surface area contributed by atoms with Gasteiger partial charge in [-0.25, -0.2) is 4.99 Å². The van der Waals surface area contributed by atoms with E-state index in [-0.39, 0.29) is 5.91 Å². The Labute approximate surface area is 125 Å². The second kappa shape index (κ2) is 6.16. The highest BCUT2D eigenvalue weighted by atomic mass is 16.2. The van der Waals surface area contributed by atoms with Crippen LogP contribution in [0, 0.1) is 0 Å². The molecule has 1 aromatic rings. The summed E-state index contributed by atoms with van der Waals surface area (Å²) >= 11 is 0. The lowest BCUT2D eigenvalue weighted by molar-refractivity contribution is -0.128. The molecule has 21 heavy (non-hydrogen) atoms. The Morgan fingerprint density at radius 3 is 2.62 bits per heavy atom. The number of rotatable bonds is 5. The number of nitrogens with zero attached hydrogens (tertiary/aromatic N) is 2. The average molecular weight is 286 g/mol. The van der Waals surface area contributed by atoms with Gasteiger partial charge in [0.05, 0.1) is 6.54 Å². The van der Waals surface area contributed by atoms with E-state index in [1.165, 1.54) is 18.4 Å². The molecule has 3 N–H and O–H groups in total.